The van der Waals surface area contributed by atoms with Crippen molar-refractivity contribution in [3.63, 3.8) is 0 Å². The highest BCUT2D eigenvalue weighted by Gasteiger charge is 2.26. The van der Waals surface area contributed by atoms with E-state index in [1.165, 1.54) is 18.3 Å². The van der Waals surface area contributed by atoms with Gasteiger partial charge in [-0.25, -0.2) is 24.6 Å². The lowest BCUT2D eigenvalue weighted by molar-refractivity contribution is 0.0963. The van der Waals surface area contributed by atoms with Crippen molar-refractivity contribution >= 4 is 29.1 Å². The Labute approximate surface area is 197 Å². The maximum atomic E-state index is 12.7. The van der Waals surface area contributed by atoms with Crippen LogP contribution in [0.4, 0.5) is 17.3 Å². The molecule has 3 aromatic heterocycles. The minimum Gasteiger partial charge on any atom is -0.392 e. The zero-order valence-electron chi connectivity index (χ0n) is 22.3. The number of nitrogens with two attached hydrogens (primary N) is 1. The summed E-state index contributed by atoms with van der Waals surface area (Å²) < 4.78 is 38.6. The van der Waals surface area contributed by atoms with Gasteiger partial charge in [-0.1, -0.05) is 5.92 Å². The molecule has 0 aliphatic heterocycles. The van der Waals surface area contributed by atoms with Gasteiger partial charge >= 0.3 is 0 Å². The van der Waals surface area contributed by atoms with Crippen molar-refractivity contribution in [1.29, 1.82) is 0 Å². The number of aliphatic hydroxyl groups excluding tert-OH is 1. The molecule has 4 rings (SSSR count). The molecule has 0 aromatic carbocycles. The van der Waals surface area contributed by atoms with Gasteiger partial charge in [-0.15, -0.1) is 6.42 Å². The predicted octanol–water partition coefficient (Wildman–Crippen LogP) is 1.36. The Kier molecular flexibility index (Phi) is 4.68. The minimum atomic E-state index is -2.75. The molecule has 168 valence electrons. The summed E-state index contributed by atoms with van der Waals surface area (Å²) in [5, 5.41) is 19.1. The first-order valence-corrected chi connectivity index (χ1v) is 9.84. The number of aliphatic hydroxyl groups is 1. The van der Waals surface area contributed by atoms with Crippen molar-refractivity contribution in [2.24, 2.45) is 16.6 Å². The summed E-state index contributed by atoms with van der Waals surface area (Å²) in [5.41, 5.74) is 6.52. The third kappa shape index (κ3) is 4.81. The standard InChI is InChI=1S/C22H23N9O2/c1-3-8-31-12-27-21(30-31)14-6-7-25-20(16(14)11-32)28-17-9-18(29-19(23)13-4-5-13)26-10-15(17)22(33)24-2/h1,6-7,9-10,12-13,32H,4-5,8,11H2,2H3,(H,24,33)(H3,23,25,26,28,29)/i2D3,8D2. The molecular formula is C22H23N9O2. The summed E-state index contributed by atoms with van der Waals surface area (Å²) in [6.45, 7) is -5.51. The largest absolute Gasteiger partial charge is 0.392 e. The number of aromatic nitrogens is 5. The van der Waals surface area contributed by atoms with Crippen molar-refractivity contribution in [3.8, 4) is 23.7 Å². The summed E-state index contributed by atoms with van der Waals surface area (Å²) in [6.07, 6.45) is 10.7. The molecule has 3 heterocycles. The number of rotatable bonds is 8. The van der Waals surface area contributed by atoms with Gasteiger partial charge in [0, 0.05) is 46.6 Å². The number of amides is 1. The fourth-order valence-corrected chi connectivity index (χ4v) is 3.06. The van der Waals surface area contributed by atoms with E-state index in [1.54, 1.807) is 0 Å². The van der Waals surface area contributed by atoms with E-state index in [9.17, 15) is 9.90 Å². The molecule has 0 atom stereocenters. The molecular weight excluding hydrogens is 422 g/mol. The average molecular weight is 451 g/mol. The topological polar surface area (TPSA) is 156 Å². The lowest BCUT2D eigenvalue weighted by Gasteiger charge is -2.15. The molecule has 0 spiro atoms. The second-order valence-electron chi connectivity index (χ2n) is 7.09. The first kappa shape index (κ1) is 16.3. The third-order valence-electron chi connectivity index (χ3n) is 4.87. The molecule has 0 unspecified atom stereocenters. The summed E-state index contributed by atoms with van der Waals surface area (Å²) >= 11 is 0. The fraction of sp³-hybridized carbons (Fsp3) is 0.273. The number of hydrogen-bond donors (Lipinski definition) is 4. The van der Waals surface area contributed by atoms with Gasteiger partial charge in [0.05, 0.1) is 20.6 Å². The Balaban J connectivity index is 1.75. The fourth-order valence-electron chi connectivity index (χ4n) is 3.06. The second kappa shape index (κ2) is 9.46. The molecule has 1 fully saturated rings. The number of carbonyl (C=O) groups is 1. The SMILES string of the molecule is [2H]C([2H])([2H])NC(=O)c1cnc(N=C(N)C2CC2)cc1Nc1nccc(-c2ncn(C([2H])([2H])C#C)n2)c1CO. The van der Waals surface area contributed by atoms with E-state index in [0.717, 1.165) is 30.0 Å². The van der Waals surface area contributed by atoms with Gasteiger partial charge in [0.1, 0.15) is 24.5 Å². The summed E-state index contributed by atoms with van der Waals surface area (Å²) in [7, 11) is 0. The molecule has 1 saturated carbocycles. The van der Waals surface area contributed by atoms with E-state index in [-0.39, 0.29) is 40.2 Å². The van der Waals surface area contributed by atoms with Crippen LogP contribution in [0.5, 0.6) is 0 Å². The summed E-state index contributed by atoms with van der Waals surface area (Å²) in [5.74, 6) is 1.95. The van der Waals surface area contributed by atoms with Crippen LogP contribution in [0, 0.1) is 18.3 Å². The zero-order chi connectivity index (χ0) is 27.7. The molecule has 1 aliphatic rings. The van der Waals surface area contributed by atoms with Gasteiger partial charge in [0.15, 0.2) is 11.6 Å². The second-order valence-corrected chi connectivity index (χ2v) is 7.09. The number of anilines is 2. The normalized spacial score (nSPS) is 16.5. The van der Waals surface area contributed by atoms with Gasteiger partial charge in [0.25, 0.3) is 5.91 Å². The Morgan fingerprint density at radius 2 is 2.33 bits per heavy atom. The third-order valence-corrected chi connectivity index (χ3v) is 4.87. The lowest BCUT2D eigenvalue weighted by Crippen LogP contribution is -2.20. The number of terminal acetylenes is 1. The van der Waals surface area contributed by atoms with Gasteiger partial charge in [-0.3, -0.25) is 4.79 Å². The number of pyridine rings is 2. The van der Waals surface area contributed by atoms with Crippen LogP contribution in [0.3, 0.4) is 0 Å². The maximum Gasteiger partial charge on any atom is 0.254 e. The first-order valence-electron chi connectivity index (χ1n) is 12.3. The van der Waals surface area contributed by atoms with Gasteiger partial charge in [0.2, 0.25) is 0 Å². The van der Waals surface area contributed by atoms with Crippen molar-refractivity contribution < 1.29 is 16.8 Å². The average Bonchev–Trinajstić information content (AvgIpc) is 3.59. The van der Waals surface area contributed by atoms with Crippen LogP contribution >= 0.6 is 0 Å². The zero-order valence-corrected chi connectivity index (χ0v) is 17.3. The van der Waals surface area contributed by atoms with Gasteiger partial charge in [-0.2, -0.15) is 5.10 Å². The van der Waals surface area contributed by atoms with Gasteiger partial charge in [-0.05, 0) is 18.9 Å². The Bertz CT molecular complexity index is 1440. The lowest BCUT2D eigenvalue weighted by atomic mass is 10.1. The van der Waals surface area contributed by atoms with Crippen molar-refractivity contribution in [1.82, 2.24) is 30.0 Å². The predicted molar refractivity (Wildman–Crippen MR) is 123 cm³/mol. The van der Waals surface area contributed by atoms with E-state index in [4.69, 9.17) is 19.0 Å². The van der Waals surface area contributed by atoms with Crippen LogP contribution in [0.15, 0.2) is 35.8 Å². The number of nitrogens with one attached hydrogen (secondary N) is 2. The number of nitrogens with zero attached hydrogens (tertiary/aromatic N) is 6. The van der Waals surface area contributed by atoms with Crippen LogP contribution in [0.1, 0.15) is 35.6 Å². The van der Waals surface area contributed by atoms with Crippen LogP contribution < -0.4 is 16.4 Å². The number of hydrogen-bond acceptors (Lipinski definition) is 8. The number of amidine groups is 1. The van der Waals surface area contributed by atoms with Crippen molar-refractivity contribution in [3.05, 3.63) is 42.0 Å². The highest BCUT2D eigenvalue weighted by Crippen LogP contribution is 2.32. The molecule has 1 aliphatic carbocycles. The van der Waals surface area contributed by atoms with E-state index < -0.39 is 26.0 Å². The van der Waals surface area contributed by atoms with Crippen LogP contribution in [-0.2, 0) is 13.1 Å². The maximum absolute atomic E-state index is 12.7. The van der Waals surface area contributed by atoms with E-state index in [0.29, 0.717) is 11.4 Å². The molecule has 11 nitrogen and oxygen atoms in total. The highest BCUT2D eigenvalue weighted by atomic mass is 16.3. The molecule has 0 radical (unpaired) electrons. The minimum absolute atomic E-state index is 0.0659. The Morgan fingerprint density at radius 1 is 1.48 bits per heavy atom. The van der Waals surface area contributed by atoms with Crippen LogP contribution in [0.25, 0.3) is 11.4 Å². The Morgan fingerprint density at radius 3 is 3.06 bits per heavy atom. The van der Waals surface area contributed by atoms with E-state index in [2.05, 4.69) is 30.4 Å². The van der Waals surface area contributed by atoms with Gasteiger partial charge < -0.3 is 21.5 Å². The van der Waals surface area contributed by atoms with Crippen LogP contribution in [-0.4, -0.2) is 48.6 Å². The molecule has 0 saturated heterocycles. The van der Waals surface area contributed by atoms with E-state index >= 15 is 0 Å². The molecule has 1 amide bonds. The van der Waals surface area contributed by atoms with Crippen molar-refractivity contribution in [2.75, 3.05) is 12.3 Å². The molecule has 33 heavy (non-hydrogen) atoms. The quantitative estimate of drug-likeness (QED) is 0.228. The van der Waals surface area contributed by atoms with E-state index in [1.807, 2.05) is 11.2 Å². The smallest absolute Gasteiger partial charge is 0.254 e. The van der Waals surface area contributed by atoms with Crippen molar-refractivity contribution in [2.45, 2.75) is 25.9 Å². The number of carbonyl (C=O) groups excluding carboxylic acids is 1. The summed E-state index contributed by atoms with van der Waals surface area (Å²) in [4.78, 5) is 29.5. The molecule has 0 bridgehead atoms. The number of aliphatic imine (C=N–C) groups is 1. The monoisotopic (exact) mass is 450 g/mol. The first-order chi connectivity index (χ1) is 17.9. The van der Waals surface area contributed by atoms with Crippen LogP contribution in [0.2, 0.25) is 0 Å². The molecule has 3 aromatic rings. The molecule has 5 N–H and O–H groups in total. The highest BCUT2D eigenvalue weighted by molar-refractivity contribution is 6.00. The summed E-state index contributed by atoms with van der Waals surface area (Å²) in [6, 6.07) is 2.93. The molecule has 11 heteroatoms. The Hall–Kier alpha value is -4.30.